The first-order valence-corrected chi connectivity index (χ1v) is 12.1. The van der Waals surface area contributed by atoms with Gasteiger partial charge in [0.05, 0.1) is 11.1 Å². The van der Waals surface area contributed by atoms with Crippen molar-refractivity contribution in [2.24, 2.45) is 5.92 Å². The van der Waals surface area contributed by atoms with E-state index in [9.17, 15) is 27.9 Å². The number of carbonyl (C=O) groups is 2. The lowest BCUT2D eigenvalue weighted by Gasteiger charge is -2.30. The van der Waals surface area contributed by atoms with Crippen LogP contribution in [-0.2, 0) is 24.1 Å². The van der Waals surface area contributed by atoms with Crippen molar-refractivity contribution >= 4 is 17.6 Å². The highest BCUT2D eigenvalue weighted by Crippen LogP contribution is 2.30. The van der Waals surface area contributed by atoms with Gasteiger partial charge in [0, 0.05) is 31.2 Å². The Hall–Kier alpha value is -2.87. The topological polar surface area (TPSA) is 60.9 Å². The van der Waals surface area contributed by atoms with Gasteiger partial charge < -0.3 is 10.0 Å². The average molecular weight is 491 g/mol. The molecule has 1 N–H and O–H groups in total. The number of benzene rings is 2. The molecule has 1 heterocycles. The Labute approximate surface area is 204 Å². The Morgan fingerprint density at radius 3 is 2.17 bits per heavy atom. The first-order chi connectivity index (χ1) is 16.6. The molecule has 0 spiro atoms. The van der Waals surface area contributed by atoms with E-state index >= 15 is 0 Å². The SMILES string of the molecule is CC(C)C(=O)N1CCCCCCCN(Cc2ccc(C(F)(F)F)cc2)Cc2cc(C(=O)O)ccc21. The van der Waals surface area contributed by atoms with Crippen LogP contribution < -0.4 is 4.90 Å². The van der Waals surface area contributed by atoms with Crippen molar-refractivity contribution < 1.29 is 27.9 Å². The Balaban J connectivity index is 1.97. The minimum Gasteiger partial charge on any atom is -0.478 e. The zero-order chi connectivity index (χ0) is 25.6. The highest BCUT2D eigenvalue weighted by molar-refractivity contribution is 5.96. The van der Waals surface area contributed by atoms with E-state index < -0.39 is 17.7 Å². The van der Waals surface area contributed by atoms with Crippen LogP contribution >= 0.6 is 0 Å². The highest BCUT2D eigenvalue weighted by Gasteiger charge is 2.30. The maximum Gasteiger partial charge on any atom is 0.416 e. The lowest BCUT2D eigenvalue weighted by Crippen LogP contribution is -2.37. The van der Waals surface area contributed by atoms with E-state index in [4.69, 9.17) is 0 Å². The second-order valence-corrected chi connectivity index (χ2v) is 9.47. The standard InChI is InChI=1S/C27H33F3N2O3/c1-19(2)25(33)32-15-7-5-3-4-6-14-31(17-20-8-11-23(12-9-20)27(28,29)30)18-22-16-21(26(34)35)10-13-24(22)32/h8-13,16,19H,3-7,14-15,17-18H2,1-2H3,(H,34,35). The molecule has 1 aliphatic rings. The van der Waals surface area contributed by atoms with Gasteiger partial charge in [0.15, 0.2) is 0 Å². The molecule has 1 amide bonds. The summed E-state index contributed by atoms with van der Waals surface area (Å²) in [5.74, 6) is -1.27. The van der Waals surface area contributed by atoms with Crippen molar-refractivity contribution in [3.8, 4) is 0 Å². The van der Waals surface area contributed by atoms with E-state index in [1.165, 1.54) is 18.2 Å². The van der Waals surface area contributed by atoms with Gasteiger partial charge in [0.2, 0.25) is 5.91 Å². The maximum atomic E-state index is 13.1. The van der Waals surface area contributed by atoms with Gasteiger partial charge in [-0.05, 0) is 60.8 Å². The number of rotatable bonds is 4. The van der Waals surface area contributed by atoms with Crippen molar-refractivity contribution in [2.45, 2.75) is 65.2 Å². The van der Waals surface area contributed by atoms with Crippen LogP contribution in [0.3, 0.4) is 0 Å². The summed E-state index contributed by atoms with van der Waals surface area (Å²) in [6.07, 6.45) is 0.470. The van der Waals surface area contributed by atoms with Gasteiger partial charge >= 0.3 is 12.1 Å². The fourth-order valence-corrected chi connectivity index (χ4v) is 4.42. The van der Waals surface area contributed by atoms with Gasteiger partial charge in [0.1, 0.15) is 0 Å². The second-order valence-electron chi connectivity index (χ2n) is 9.47. The number of fused-ring (bicyclic) bond motifs is 1. The minimum atomic E-state index is -4.38. The Morgan fingerprint density at radius 2 is 1.57 bits per heavy atom. The molecule has 0 aromatic heterocycles. The van der Waals surface area contributed by atoms with E-state index in [-0.39, 0.29) is 17.4 Å². The summed E-state index contributed by atoms with van der Waals surface area (Å²) in [5, 5.41) is 9.57. The fourth-order valence-electron chi connectivity index (χ4n) is 4.42. The first-order valence-electron chi connectivity index (χ1n) is 12.1. The van der Waals surface area contributed by atoms with Crippen LogP contribution in [-0.4, -0.2) is 35.0 Å². The summed E-state index contributed by atoms with van der Waals surface area (Å²) in [7, 11) is 0. The number of carbonyl (C=O) groups excluding carboxylic acids is 1. The summed E-state index contributed by atoms with van der Waals surface area (Å²) in [4.78, 5) is 28.7. The van der Waals surface area contributed by atoms with Gasteiger partial charge in [0.25, 0.3) is 0 Å². The summed E-state index contributed by atoms with van der Waals surface area (Å²) < 4.78 is 38.9. The molecule has 5 nitrogen and oxygen atoms in total. The molecule has 2 aromatic rings. The van der Waals surface area contributed by atoms with Crippen molar-refractivity contribution in [1.82, 2.24) is 4.90 Å². The molecule has 0 radical (unpaired) electrons. The van der Waals surface area contributed by atoms with E-state index in [1.807, 2.05) is 13.8 Å². The minimum absolute atomic E-state index is 0.0133. The molecule has 3 rings (SSSR count). The lowest BCUT2D eigenvalue weighted by atomic mass is 10.0. The molecule has 1 aliphatic heterocycles. The second kappa shape index (κ2) is 11.7. The van der Waals surface area contributed by atoms with Crippen LogP contribution in [0.1, 0.15) is 73.0 Å². The number of hydrogen-bond acceptors (Lipinski definition) is 3. The molecule has 0 fully saturated rings. The van der Waals surface area contributed by atoms with E-state index in [1.54, 1.807) is 17.0 Å². The van der Waals surface area contributed by atoms with Gasteiger partial charge in [-0.25, -0.2) is 4.79 Å². The highest BCUT2D eigenvalue weighted by atomic mass is 19.4. The van der Waals surface area contributed by atoms with Crippen LogP contribution in [0.4, 0.5) is 18.9 Å². The Bertz CT molecular complexity index is 1020. The Morgan fingerprint density at radius 1 is 0.943 bits per heavy atom. The molecular formula is C27H33F3N2O3. The predicted octanol–water partition coefficient (Wildman–Crippen LogP) is 6.36. The zero-order valence-electron chi connectivity index (χ0n) is 20.3. The molecule has 0 unspecified atom stereocenters. The quantitative estimate of drug-likeness (QED) is 0.542. The van der Waals surface area contributed by atoms with E-state index in [2.05, 4.69) is 4.90 Å². The normalized spacial score (nSPS) is 16.3. The fraction of sp³-hybridized carbons (Fsp3) is 0.481. The van der Waals surface area contributed by atoms with Gasteiger partial charge in [-0.3, -0.25) is 9.69 Å². The summed E-state index contributed by atoms with van der Waals surface area (Å²) in [5.41, 5.74) is 1.63. The van der Waals surface area contributed by atoms with Crippen LogP contribution in [0.5, 0.6) is 0 Å². The predicted molar refractivity (Wildman–Crippen MR) is 129 cm³/mol. The molecule has 190 valence electrons. The maximum absolute atomic E-state index is 13.1. The van der Waals surface area contributed by atoms with Gasteiger partial charge in [-0.15, -0.1) is 0 Å². The number of nitrogens with zero attached hydrogens (tertiary/aromatic N) is 2. The number of hydrogen-bond donors (Lipinski definition) is 1. The van der Waals surface area contributed by atoms with Gasteiger partial charge in [-0.1, -0.05) is 45.2 Å². The number of alkyl halides is 3. The summed E-state index contributed by atoms with van der Waals surface area (Å²) >= 11 is 0. The smallest absolute Gasteiger partial charge is 0.416 e. The third kappa shape index (κ3) is 7.31. The largest absolute Gasteiger partial charge is 0.478 e. The molecule has 0 aliphatic carbocycles. The number of aromatic carboxylic acids is 1. The number of carboxylic acids is 1. The molecule has 0 saturated heterocycles. The van der Waals surface area contributed by atoms with Crippen LogP contribution in [0.2, 0.25) is 0 Å². The molecule has 8 heteroatoms. The lowest BCUT2D eigenvalue weighted by molar-refractivity contribution is -0.137. The first kappa shape index (κ1) is 26.7. The molecular weight excluding hydrogens is 457 g/mol. The molecule has 2 aromatic carbocycles. The third-order valence-corrected chi connectivity index (χ3v) is 6.31. The number of anilines is 1. The van der Waals surface area contributed by atoms with Crippen LogP contribution in [0, 0.1) is 5.92 Å². The average Bonchev–Trinajstić information content (AvgIpc) is 2.79. The molecule has 0 bridgehead atoms. The third-order valence-electron chi connectivity index (χ3n) is 6.31. The van der Waals surface area contributed by atoms with E-state index in [0.717, 1.165) is 61.9 Å². The Kier molecular flexibility index (Phi) is 8.94. The summed E-state index contributed by atoms with van der Waals surface area (Å²) in [6, 6.07) is 10.00. The van der Waals surface area contributed by atoms with Crippen molar-refractivity contribution in [3.63, 3.8) is 0 Å². The summed E-state index contributed by atoms with van der Waals surface area (Å²) in [6.45, 7) is 5.79. The monoisotopic (exact) mass is 490 g/mol. The number of halogens is 3. The number of carboxylic acid groups (broad SMARTS) is 1. The van der Waals surface area contributed by atoms with Crippen LogP contribution in [0.25, 0.3) is 0 Å². The van der Waals surface area contributed by atoms with Gasteiger partial charge in [-0.2, -0.15) is 13.2 Å². The van der Waals surface area contributed by atoms with E-state index in [0.29, 0.717) is 25.3 Å². The van der Waals surface area contributed by atoms with Crippen molar-refractivity contribution in [1.29, 1.82) is 0 Å². The number of amides is 1. The molecule has 35 heavy (non-hydrogen) atoms. The van der Waals surface area contributed by atoms with Crippen LogP contribution in [0.15, 0.2) is 42.5 Å². The van der Waals surface area contributed by atoms with Crippen molar-refractivity contribution in [2.75, 3.05) is 18.0 Å². The molecule has 0 saturated carbocycles. The molecule has 0 atom stereocenters. The van der Waals surface area contributed by atoms with Crippen molar-refractivity contribution in [3.05, 3.63) is 64.7 Å². The zero-order valence-corrected chi connectivity index (χ0v) is 20.3.